The van der Waals surface area contributed by atoms with Crippen LogP contribution in [-0.4, -0.2) is 17.1 Å². The van der Waals surface area contributed by atoms with Gasteiger partial charge in [0.25, 0.3) is 11.1 Å². The van der Waals surface area contributed by atoms with E-state index < -0.39 is 11.1 Å². The number of carbonyl (C=O) groups is 3. The summed E-state index contributed by atoms with van der Waals surface area (Å²) in [5.41, 5.74) is 1.62. The molecule has 0 unspecified atom stereocenters. The van der Waals surface area contributed by atoms with Crippen molar-refractivity contribution < 1.29 is 19.1 Å². The van der Waals surface area contributed by atoms with Crippen LogP contribution in [0.3, 0.4) is 0 Å². The Morgan fingerprint density at radius 2 is 1.92 bits per heavy atom. The Bertz CT molecular complexity index is 896. The molecule has 1 N–H and O–H groups in total. The molecule has 2 aromatic rings. The zero-order valence-electron chi connectivity index (χ0n) is 13.5. The molecule has 26 heavy (non-hydrogen) atoms. The molecule has 3 rings (SSSR count). The Balaban J connectivity index is 1.62. The maximum Gasteiger partial charge on any atom is 0.311 e. The summed E-state index contributed by atoms with van der Waals surface area (Å²) in [7, 11) is 0. The molecule has 0 atom stereocenters. The summed E-state index contributed by atoms with van der Waals surface area (Å²) < 4.78 is 5.30. The number of aryl methyl sites for hydroxylation is 1. The number of hydrogen-bond acceptors (Lipinski definition) is 5. The van der Waals surface area contributed by atoms with Crippen LogP contribution in [0.5, 0.6) is 5.75 Å². The predicted molar refractivity (Wildman–Crippen MR) is 101 cm³/mol. The molecule has 0 spiro atoms. The smallest absolute Gasteiger partial charge is 0.311 e. The van der Waals surface area contributed by atoms with Gasteiger partial charge < -0.3 is 4.74 Å². The molecular formula is C19H14ClNO4S. The highest BCUT2D eigenvalue weighted by Crippen LogP contribution is 2.30. The minimum atomic E-state index is -0.451. The van der Waals surface area contributed by atoms with Crippen LogP contribution in [-0.2, 0) is 16.0 Å². The van der Waals surface area contributed by atoms with Gasteiger partial charge in [-0.05, 0) is 47.5 Å². The fraction of sp³-hybridized carbons (Fsp3) is 0.105. The monoisotopic (exact) mass is 387 g/mol. The van der Waals surface area contributed by atoms with Crippen molar-refractivity contribution in [3.05, 3.63) is 69.6 Å². The molecule has 2 aromatic carbocycles. The van der Waals surface area contributed by atoms with E-state index in [0.717, 1.165) is 17.3 Å². The van der Waals surface area contributed by atoms with Crippen molar-refractivity contribution in [2.24, 2.45) is 0 Å². The lowest BCUT2D eigenvalue weighted by Crippen LogP contribution is -2.17. The van der Waals surface area contributed by atoms with Gasteiger partial charge in [0.1, 0.15) is 5.75 Å². The van der Waals surface area contributed by atoms with Gasteiger partial charge in [-0.1, -0.05) is 41.9 Å². The molecule has 132 valence electrons. The maximum atomic E-state index is 12.0. The minimum Gasteiger partial charge on any atom is -0.426 e. The summed E-state index contributed by atoms with van der Waals surface area (Å²) in [6.07, 6.45) is 2.37. The van der Waals surface area contributed by atoms with Crippen LogP contribution in [0.2, 0.25) is 5.02 Å². The zero-order chi connectivity index (χ0) is 18.5. The molecule has 2 amide bonds. The van der Waals surface area contributed by atoms with Gasteiger partial charge in [0.15, 0.2) is 0 Å². The Morgan fingerprint density at radius 1 is 1.15 bits per heavy atom. The van der Waals surface area contributed by atoms with E-state index >= 15 is 0 Å². The van der Waals surface area contributed by atoms with Crippen LogP contribution in [0.4, 0.5) is 4.79 Å². The van der Waals surface area contributed by atoms with Gasteiger partial charge in [0.2, 0.25) is 0 Å². The number of thioether (sulfide) groups is 1. The van der Waals surface area contributed by atoms with Crippen LogP contribution in [0, 0.1) is 0 Å². The van der Waals surface area contributed by atoms with E-state index in [9.17, 15) is 14.4 Å². The van der Waals surface area contributed by atoms with E-state index in [2.05, 4.69) is 5.32 Å². The molecule has 0 aliphatic carbocycles. The van der Waals surface area contributed by atoms with Crippen LogP contribution in [0.25, 0.3) is 6.08 Å². The fourth-order valence-corrected chi connectivity index (χ4v) is 3.22. The molecular weight excluding hydrogens is 374 g/mol. The van der Waals surface area contributed by atoms with Crippen molar-refractivity contribution in [3.8, 4) is 5.75 Å². The largest absolute Gasteiger partial charge is 0.426 e. The third-order valence-corrected chi connectivity index (χ3v) is 4.73. The lowest BCUT2D eigenvalue weighted by molar-refractivity contribution is -0.134. The van der Waals surface area contributed by atoms with Gasteiger partial charge in [-0.25, -0.2) is 0 Å². The Labute approximate surface area is 159 Å². The molecule has 5 nitrogen and oxygen atoms in total. The fourth-order valence-electron chi connectivity index (χ4n) is 2.32. The van der Waals surface area contributed by atoms with Crippen molar-refractivity contribution in [3.63, 3.8) is 0 Å². The second-order valence-corrected chi connectivity index (χ2v) is 6.92. The van der Waals surface area contributed by atoms with Crippen molar-refractivity contribution in [2.75, 3.05) is 0 Å². The van der Waals surface area contributed by atoms with Gasteiger partial charge in [0, 0.05) is 12.5 Å². The lowest BCUT2D eigenvalue weighted by atomic mass is 10.1. The highest BCUT2D eigenvalue weighted by Gasteiger charge is 2.25. The first-order chi connectivity index (χ1) is 12.5. The highest BCUT2D eigenvalue weighted by atomic mass is 35.5. The number of ether oxygens (including phenoxy) is 1. The molecule has 1 aliphatic heterocycles. The van der Waals surface area contributed by atoms with Gasteiger partial charge in [0.05, 0.1) is 9.93 Å². The zero-order valence-corrected chi connectivity index (χ0v) is 15.1. The molecule has 0 aromatic heterocycles. The maximum absolute atomic E-state index is 12.0. The number of hydrogen-bond donors (Lipinski definition) is 1. The van der Waals surface area contributed by atoms with Crippen LogP contribution < -0.4 is 10.1 Å². The van der Waals surface area contributed by atoms with Crippen LogP contribution in [0.15, 0.2) is 53.4 Å². The summed E-state index contributed by atoms with van der Waals surface area (Å²) in [5.74, 6) is -0.477. The van der Waals surface area contributed by atoms with E-state index in [1.807, 2.05) is 30.3 Å². The first-order valence-electron chi connectivity index (χ1n) is 7.80. The molecule has 7 heteroatoms. The van der Waals surface area contributed by atoms with Gasteiger partial charge in [-0.2, -0.15) is 0 Å². The van der Waals surface area contributed by atoms with Crippen LogP contribution >= 0.6 is 23.4 Å². The summed E-state index contributed by atoms with van der Waals surface area (Å²) in [6.45, 7) is 0. The third-order valence-electron chi connectivity index (χ3n) is 3.59. The average Bonchev–Trinajstić information content (AvgIpc) is 2.93. The van der Waals surface area contributed by atoms with E-state index in [1.165, 1.54) is 12.1 Å². The number of rotatable bonds is 5. The lowest BCUT2D eigenvalue weighted by Gasteiger charge is -2.07. The summed E-state index contributed by atoms with van der Waals surface area (Å²) in [6, 6.07) is 14.4. The van der Waals surface area contributed by atoms with Crippen LogP contribution in [0.1, 0.15) is 17.5 Å². The Morgan fingerprint density at radius 3 is 2.58 bits per heavy atom. The normalized spacial score (nSPS) is 15.2. The van der Waals surface area contributed by atoms with E-state index in [0.29, 0.717) is 22.8 Å². The number of nitrogens with one attached hydrogen (secondary N) is 1. The van der Waals surface area contributed by atoms with Gasteiger partial charge in [-0.3, -0.25) is 19.7 Å². The van der Waals surface area contributed by atoms with Crippen molar-refractivity contribution >= 4 is 46.6 Å². The van der Waals surface area contributed by atoms with E-state index in [4.69, 9.17) is 16.3 Å². The first-order valence-corrected chi connectivity index (χ1v) is 9.00. The quantitative estimate of drug-likeness (QED) is 0.473. The number of amides is 2. The number of benzene rings is 2. The number of halogens is 1. The highest BCUT2D eigenvalue weighted by molar-refractivity contribution is 8.18. The summed E-state index contributed by atoms with van der Waals surface area (Å²) in [4.78, 5) is 35.0. The van der Waals surface area contributed by atoms with E-state index in [-0.39, 0.29) is 17.3 Å². The molecule has 0 bridgehead atoms. The Hall–Kier alpha value is -2.57. The van der Waals surface area contributed by atoms with Crippen molar-refractivity contribution in [1.29, 1.82) is 0 Å². The van der Waals surface area contributed by atoms with E-state index in [1.54, 1.807) is 12.1 Å². The SMILES string of the molecule is O=C(CCc1ccccc1)Oc1ccc(/C=C2\SC(=O)NC2=O)c(Cl)c1. The standard InChI is InChI=1S/C19H14ClNO4S/c20-15-11-14(25-17(22)9-6-12-4-2-1-3-5-12)8-7-13(15)10-16-18(23)21-19(24)26-16/h1-5,7-8,10-11H,6,9H2,(H,21,23,24)/b16-10-. The van der Waals surface area contributed by atoms with Gasteiger partial charge >= 0.3 is 5.97 Å². The number of esters is 1. The molecule has 0 radical (unpaired) electrons. The van der Waals surface area contributed by atoms with Crippen molar-refractivity contribution in [1.82, 2.24) is 5.32 Å². The molecule has 1 aliphatic rings. The number of imide groups is 1. The summed E-state index contributed by atoms with van der Waals surface area (Å²) >= 11 is 7.00. The molecule has 1 saturated heterocycles. The summed E-state index contributed by atoms with van der Waals surface area (Å²) in [5, 5.41) is 2.08. The number of carbonyl (C=O) groups excluding carboxylic acids is 3. The second-order valence-electron chi connectivity index (χ2n) is 5.50. The average molecular weight is 388 g/mol. The Kier molecular flexibility index (Phi) is 5.75. The minimum absolute atomic E-state index is 0.256. The predicted octanol–water partition coefficient (Wildman–Crippen LogP) is 4.20. The molecule has 1 fully saturated rings. The first kappa shape index (κ1) is 18.2. The van der Waals surface area contributed by atoms with Gasteiger partial charge in [-0.15, -0.1) is 0 Å². The molecule has 0 saturated carbocycles. The second kappa shape index (κ2) is 8.21. The van der Waals surface area contributed by atoms with Crippen molar-refractivity contribution in [2.45, 2.75) is 12.8 Å². The topological polar surface area (TPSA) is 72.5 Å². The molecule has 1 heterocycles. The third kappa shape index (κ3) is 4.74.